The van der Waals surface area contributed by atoms with E-state index in [1.807, 2.05) is 31.3 Å². The molecule has 0 saturated heterocycles. The van der Waals surface area contributed by atoms with Crippen LogP contribution in [-0.4, -0.2) is 42.7 Å². The lowest BCUT2D eigenvalue weighted by molar-refractivity contribution is 0.256. The highest BCUT2D eigenvalue weighted by Gasteiger charge is 2.24. The second-order valence-corrected chi connectivity index (χ2v) is 11.5. The summed E-state index contributed by atoms with van der Waals surface area (Å²) in [5, 5.41) is 7.16. The minimum Gasteiger partial charge on any atom is -0.494 e. The average Bonchev–Trinajstić information content (AvgIpc) is 2.99. The van der Waals surface area contributed by atoms with Gasteiger partial charge in [-0.3, -0.25) is 9.69 Å². The number of fused-ring (bicyclic) bond motifs is 1. The van der Waals surface area contributed by atoms with Crippen LogP contribution < -0.4 is 25.8 Å². The number of aromatic amines is 1. The molecule has 2 aromatic carbocycles. The van der Waals surface area contributed by atoms with Gasteiger partial charge in [-0.2, -0.15) is 0 Å². The molecule has 228 valence electrons. The van der Waals surface area contributed by atoms with E-state index in [1.165, 1.54) is 0 Å². The van der Waals surface area contributed by atoms with Crippen LogP contribution in [0.15, 0.2) is 65.6 Å². The first-order valence-electron chi connectivity index (χ1n) is 15.4. The summed E-state index contributed by atoms with van der Waals surface area (Å²) in [7, 11) is 1.94. The smallest absolute Gasteiger partial charge is 0.326 e. The quantitative estimate of drug-likeness (QED) is 0.140. The Labute approximate surface area is 254 Å². The number of pyridine rings is 2. The molecule has 0 spiro atoms. The Balaban J connectivity index is 1.72. The number of hydrogen-bond acceptors (Lipinski definition) is 5. The van der Waals surface area contributed by atoms with Crippen LogP contribution in [0.5, 0.6) is 5.75 Å². The van der Waals surface area contributed by atoms with E-state index in [1.54, 1.807) is 17.2 Å². The summed E-state index contributed by atoms with van der Waals surface area (Å²) in [4.78, 5) is 35.8. The van der Waals surface area contributed by atoms with Gasteiger partial charge in [-0.25, -0.2) is 9.78 Å². The fourth-order valence-corrected chi connectivity index (χ4v) is 5.16. The number of carbonyl (C=O) groups is 1. The van der Waals surface area contributed by atoms with E-state index < -0.39 is 0 Å². The summed E-state index contributed by atoms with van der Waals surface area (Å²) in [5.74, 6) is 1.13. The van der Waals surface area contributed by atoms with Gasteiger partial charge in [0.1, 0.15) is 17.1 Å². The fraction of sp³-hybridized carbons (Fsp3) is 0.400. The Morgan fingerprint density at radius 3 is 2.40 bits per heavy atom. The van der Waals surface area contributed by atoms with Gasteiger partial charge in [-0.05, 0) is 103 Å². The van der Waals surface area contributed by atoms with Gasteiger partial charge in [-0.15, -0.1) is 0 Å². The lowest BCUT2D eigenvalue weighted by Gasteiger charge is -2.27. The number of H-pyrrole nitrogens is 1. The van der Waals surface area contributed by atoms with Crippen molar-refractivity contribution in [1.29, 1.82) is 0 Å². The maximum absolute atomic E-state index is 14.0. The molecular weight excluding hydrogens is 538 g/mol. The number of anilines is 2. The van der Waals surface area contributed by atoms with Gasteiger partial charge in [-0.1, -0.05) is 53.2 Å². The van der Waals surface area contributed by atoms with Crippen molar-refractivity contribution in [2.24, 2.45) is 0 Å². The summed E-state index contributed by atoms with van der Waals surface area (Å²) >= 11 is 0. The molecule has 4 aromatic rings. The van der Waals surface area contributed by atoms with Crippen molar-refractivity contribution >= 4 is 28.4 Å². The van der Waals surface area contributed by atoms with E-state index in [0.29, 0.717) is 24.5 Å². The molecule has 0 aliphatic heterocycles. The molecular formula is C35H45N5O3. The maximum Gasteiger partial charge on any atom is 0.326 e. The minimum absolute atomic E-state index is 0.146. The molecule has 0 saturated carbocycles. The molecule has 3 N–H and O–H groups in total. The summed E-state index contributed by atoms with van der Waals surface area (Å²) < 4.78 is 6.00. The number of amides is 2. The number of ether oxygens (including phenoxy) is 1. The number of nitrogens with one attached hydrogen (secondary N) is 3. The van der Waals surface area contributed by atoms with E-state index in [9.17, 15) is 9.59 Å². The molecule has 0 atom stereocenters. The predicted octanol–water partition coefficient (Wildman–Crippen LogP) is 7.66. The molecule has 0 aliphatic rings. The van der Waals surface area contributed by atoms with Gasteiger partial charge in [0, 0.05) is 23.8 Å². The van der Waals surface area contributed by atoms with E-state index in [0.717, 1.165) is 64.9 Å². The lowest BCUT2D eigenvalue weighted by Crippen LogP contribution is -2.39. The van der Waals surface area contributed by atoms with E-state index >= 15 is 0 Å². The van der Waals surface area contributed by atoms with Gasteiger partial charge >= 0.3 is 6.03 Å². The van der Waals surface area contributed by atoms with Crippen LogP contribution in [0.4, 0.5) is 16.2 Å². The van der Waals surface area contributed by atoms with Gasteiger partial charge in [0.15, 0.2) is 0 Å². The number of unbranched alkanes of at least 4 members (excludes halogenated alkanes) is 1. The van der Waals surface area contributed by atoms with Crippen molar-refractivity contribution in [2.45, 2.75) is 65.7 Å². The normalized spacial score (nSPS) is 11.3. The molecule has 0 fully saturated rings. The van der Waals surface area contributed by atoms with Gasteiger partial charge in [0.2, 0.25) is 0 Å². The molecule has 43 heavy (non-hydrogen) atoms. The third kappa shape index (κ3) is 7.82. The Bertz CT molecular complexity index is 1570. The highest BCUT2D eigenvalue weighted by molar-refractivity contribution is 6.03. The Morgan fingerprint density at radius 2 is 1.72 bits per heavy atom. The summed E-state index contributed by atoms with van der Waals surface area (Å²) in [6.07, 6.45) is 4.22. The molecule has 2 heterocycles. The highest BCUT2D eigenvalue weighted by atomic mass is 16.5. The first-order valence-corrected chi connectivity index (χ1v) is 15.4. The standard InChI is InChI=1S/C35H45N5O3/c1-7-8-17-40(31-22-26-13-10-16-37-33(26)39-34(31)41)35(42)38-32-29(23(2)3)20-27(21-30(32)24(4)5)25-12-9-14-28(19-25)43-18-11-15-36-6/h9-10,12-14,16,19-24,36H,7-8,11,15,17-18H2,1-6H3,(H,38,42)(H,37,39,41). The third-order valence-electron chi connectivity index (χ3n) is 7.55. The van der Waals surface area contributed by atoms with Crippen LogP contribution in [0.25, 0.3) is 22.2 Å². The van der Waals surface area contributed by atoms with Crippen LogP contribution in [0.2, 0.25) is 0 Å². The lowest BCUT2D eigenvalue weighted by atomic mass is 9.88. The Kier molecular flexibility index (Phi) is 11.0. The monoisotopic (exact) mass is 583 g/mol. The number of aromatic nitrogens is 2. The zero-order valence-corrected chi connectivity index (χ0v) is 26.3. The van der Waals surface area contributed by atoms with Crippen LogP contribution >= 0.6 is 0 Å². The average molecular weight is 584 g/mol. The number of benzene rings is 2. The molecule has 2 aromatic heterocycles. The summed E-state index contributed by atoms with van der Waals surface area (Å²) in [5.41, 5.74) is 5.50. The number of hydrogen-bond donors (Lipinski definition) is 3. The topological polar surface area (TPSA) is 99.3 Å². The number of urea groups is 1. The molecule has 0 bridgehead atoms. The molecule has 8 heteroatoms. The summed E-state index contributed by atoms with van der Waals surface area (Å²) in [6.45, 7) is 12.6. The van der Waals surface area contributed by atoms with Crippen molar-refractivity contribution in [3.8, 4) is 16.9 Å². The molecule has 2 amide bonds. The van der Waals surface area contributed by atoms with Crippen molar-refractivity contribution in [3.63, 3.8) is 0 Å². The maximum atomic E-state index is 14.0. The van der Waals surface area contributed by atoms with Gasteiger partial charge in [0.05, 0.1) is 6.61 Å². The van der Waals surface area contributed by atoms with Crippen LogP contribution in [0, 0.1) is 0 Å². The van der Waals surface area contributed by atoms with Gasteiger partial charge < -0.3 is 20.4 Å². The molecule has 8 nitrogen and oxygen atoms in total. The first kappa shape index (κ1) is 31.8. The molecule has 0 unspecified atom stereocenters. The second-order valence-electron chi connectivity index (χ2n) is 11.5. The van der Waals surface area contributed by atoms with Crippen molar-refractivity contribution < 1.29 is 9.53 Å². The number of rotatable bonds is 13. The second kappa shape index (κ2) is 14.8. The fourth-order valence-electron chi connectivity index (χ4n) is 5.16. The van der Waals surface area contributed by atoms with E-state index in [4.69, 9.17) is 4.74 Å². The minimum atomic E-state index is -0.339. The Morgan fingerprint density at radius 1 is 0.977 bits per heavy atom. The zero-order chi connectivity index (χ0) is 30.9. The molecule has 0 aliphatic carbocycles. The van der Waals surface area contributed by atoms with E-state index in [2.05, 4.69) is 79.5 Å². The first-order chi connectivity index (χ1) is 20.7. The van der Waals surface area contributed by atoms with Crippen molar-refractivity contribution in [2.75, 3.05) is 37.0 Å². The zero-order valence-electron chi connectivity index (χ0n) is 26.3. The van der Waals surface area contributed by atoms with Crippen LogP contribution in [0.1, 0.15) is 76.8 Å². The predicted molar refractivity (Wildman–Crippen MR) is 178 cm³/mol. The van der Waals surface area contributed by atoms with Crippen LogP contribution in [0.3, 0.4) is 0 Å². The summed E-state index contributed by atoms with van der Waals surface area (Å²) in [6, 6.07) is 17.6. The highest BCUT2D eigenvalue weighted by Crippen LogP contribution is 2.38. The largest absolute Gasteiger partial charge is 0.494 e. The SMILES string of the molecule is CCCCN(C(=O)Nc1c(C(C)C)cc(-c2cccc(OCCCNC)c2)cc1C(C)C)c1cc2cccnc2[nH]c1=O. The van der Waals surface area contributed by atoms with Crippen molar-refractivity contribution in [1.82, 2.24) is 15.3 Å². The molecule has 4 rings (SSSR count). The van der Waals surface area contributed by atoms with Gasteiger partial charge in [0.25, 0.3) is 5.56 Å². The number of carbonyl (C=O) groups excluding carboxylic acids is 1. The third-order valence-corrected chi connectivity index (χ3v) is 7.55. The van der Waals surface area contributed by atoms with Crippen molar-refractivity contribution in [3.05, 3.63) is 82.3 Å². The Hall–Kier alpha value is -4.17. The molecule has 0 radical (unpaired) electrons. The van der Waals surface area contributed by atoms with Crippen LogP contribution in [-0.2, 0) is 0 Å². The van der Waals surface area contributed by atoms with E-state index in [-0.39, 0.29) is 23.4 Å². The number of nitrogens with zero attached hydrogens (tertiary/aromatic N) is 2.